The van der Waals surface area contributed by atoms with E-state index < -0.39 is 0 Å². The van der Waals surface area contributed by atoms with E-state index in [-0.39, 0.29) is 34.6 Å². The van der Waals surface area contributed by atoms with Gasteiger partial charge in [0.2, 0.25) is 5.82 Å². The summed E-state index contributed by atoms with van der Waals surface area (Å²) in [5, 5.41) is 12.1. The number of amides is 1. The lowest BCUT2D eigenvalue weighted by Gasteiger charge is -2.29. The van der Waals surface area contributed by atoms with Crippen LogP contribution in [0.3, 0.4) is 0 Å². The maximum atomic E-state index is 12.1. The van der Waals surface area contributed by atoms with Crippen LogP contribution in [0, 0.1) is 11.3 Å². The fourth-order valence-electron chi connectivity index (χ4n) is 2.75. The highest BCUT2D eigenvalue weighted by Crippen LogP contribution is 2.26. The van der Waals surface area contributed by atoms with Gasteiger partial charge in [0.1, 0.15) is 11.8 Å². The van der Waals surface area contributed by atoms with Gasteiger partial charge in [-0.25, -0.2) is 15.0 Å². The molecule has 8 heteroatoms. The van der Waals surface area contributed by atoms with Gasteiger partial charge in [0, 0.05) is 24.5 Å². The van der Waals surface area contributed by atoms with E-state index in [1.165, 1.54) is 6.20 Å². The van der Waals surface area contributed by atoms with E-state index in [1.54, 1.807) is 24.5 Å². The smallest absolute Gasteiger partial charge is 0.289 e. The number of pyridine rings is 1. The van der Waals surface area contributed by atoms with Gasteiger partial charge in [-0.3, -0.25) is 4.79 Å². The number of halogens is 1. The zero-order valence-electron chi connectivity index (χ0n) is 13.4. The Morgan fingerprint density at radius 3 is 2.60 bits per heavy atom. The third-order valence-electron chi connectivity index (χ3n) is 4.00. The molecular formula is C17H16ClN5O2. The lowest BCUT2D eigenvalue weighted by atomic mass is 9.93. The van der Waals surface area contributed by atoms with E-state index in [9.17, 15) is 4.79 Å². The molecule has 2 aromatic rings. The molecule has 1 N–H and O–H groups in total. The average Bonchev–Trinajstić information content (AvgIpc) is 2.64. The molecule has 1 aliphatic carbocycles. The number of carbonyl (C=O) groups is 1. The summed E-state index contributed by atoms with van der Waals surface area (Å²) >= 11 is 5.96. The molecule has 2 aromatic heterocycles. The lowest BCUT2D eigenvalue weighted by Crippen LogP contribution is -2.40. The van der Waals surface area contributed by atoms with Crippen molar-refractivity contribution >= 4 is 17.5 Å². The Labute approximate surface area is 150 Å². The van der Waals surface area contributed by atoms with Gasteiger partial charge in [-0.15, -0.1) is 0 Å². The maximum Gasteiger partial charge on any atom is 0.289 e. The van der Waals surface area contributed by atoms with Crippen LogP contribution in [0.15, 0.2) is 30.7 Å². The molecule has 0 bridgehead atoms. The van der Waals surface area contributed by atoms with Crippen LogP contribution in [-0.2, 0) is 0 Å². The van der Waals surface area contributed by atoms with Crippen LogP contribution >= 0.6 is 11.6 Å². The summed E-state index contributed by atoms with van der Waals surface area (Å²) < 4.78 is 5.88. The number of nitriles is 1. The molecule has 1 aliphatic rings. The minimum atomic E-state index is -0.256. The Morgan fingerprint density at radius 2 is 1.96 bits per heavy atom. The molecular weight excluding hydrogens is 342 g/mol. The van der Waals surface area contributed by atoms with Crippen LogP contribution in [0.4, 0.5) is 0 Å². The SMILES string of the molecule is N#Cc1ncc(O[C@H]2CC[C@H](NC(=O)c3ncccn3)CC2)cc1Cl. The Hall–Kier alpha value is -2.72. The predicted octanol–water partition coefficient (Wildman–Crippen LogP) is 2.52. The molecule has 0 spiro atoms. The summed E-state index contributed by atoms with van der Waals surface area (Å²) in [6.07, 6.45) is 7.85. The standard InChI is InChI=1S/C17H16ClN5O2/c18-14-8-13(10-22-15(14)9-19)25-12-4-2-11(3-5-12)23-17(24)16-20-6-1-7-21-16/h1,6-8,10-12H,2-5H2,(H,23,24)/t11-,12-. The average molecular weight is 358 g/mol. The van der Waals surface area contributed by atoms with Gasteiger partial charge in [-0.05, 0) is 31.7 Å². The van der Waals surface area contributed by atoms with E-state index in [4.69, 9.17) is 21.6 Å². The molecule has 2 heterocycles. The summed E-state index contributed by atoms with van der Waals surface area (Å²) in [5.74, 6) is 0.474. The van der Waals surface area contributed by atoms with Gasteiger partial charge in [0.15, 0.2) is 5.69 Å². The van der Waals surface area contributed by atoms with Crippen LogP contribution in [0.25, 0.3) is 0 Å². The highest BCUT2D eigenvalue weighted by molar-refractivity contribution is 6.31. The third kappa shape index (κ3) is 4.43. The number of rotatable bonds is 4. The highest BCUT2D eigenvalue weighted by atomic mass is 35.5. The molecule has 0 saturated heterocycles. The fraction of sp³-hybridized carbons (Fsp3) is 0.353. The molecule has 0 unspecified atom stereocenters. The van der Waals surface area contributed by atoms with Crippen molar-refractivity contribution in [3.05, 3.63) is 47.3 Å². The van der Waals surface area contributed by atoms with E-state index in [2.05, 4.69) is 20.3 Å². The lowest BCUT2D eigenvalue weighted by molar-refractivity contribution is 0.0883. The topological polar surface area (TPSA) is 101 Å². The number of carbonyl (C=O) groups excluding carboxylic acids is 1. The van der Waals surface area contributed by atoms with Crippen molar-refractivity contribution in [1.82, 2.24) is 20.3 Å². The van der Waals surface area contributed by atoms with Crippen LogP contribution < -0.4 is 10.1 Å². The quantitative estimate of drug-likeness (QED) is 0.902. The van der Waals surface area contributed by atoms with Gasteiger partial charge in [0.25, 0.3) is 5.91 Å². The number of nitrogens with zero attached hydrogens (tertiary/aromatic N) is 4. The van der Waals surface area contributed by atoms with Gasteiger partial charge in [0.05, 0.1) is 17.3 Å². The first-order valence-corrected chi connectivity index (χ1v) is 8.33. The van der Waals surface area contributed by atoms with Gasteiger partial charge < -0.3 is 10.1 Å². The molecule has 7 nitrogen and oxygen atoms in total. The first kappa shape index (κ1) is 17.1. The van der Waals surface area contributed by atoms with Crippen molar-refractivity contribution in [2.75, 3.05) is 0 Å². The molecule has 1 fully saturated rings. The zero-order valence-corrected chi connectivity index (χ0v) is 14.1. The maximum absolute atomic E-state index is 12.1. The zero-order chi connectivity index (χ0) is 17.6. The summed E-state index contributed by atoms with van der Waals surface area (Å²) in [6, 6.07) is 5.27. The Morgan fingerprint density at radius 1 is 1.24 bits per heavy atom. The number of hydrogen-bond acceptors (Lipinski definition) is 6. The van der Waals surface area contributed by atoms with Crippen molar-refractivity contribution in [3.63, 3.8) is 0 Å². The largest absolute Gasteiger partial charge is 0.489 e. The van der Waals surface area contributed by atoms with E-state index in [0.29, 0.717) is 5.75 Å². The Balaban J connectivity index is 1.50. The summed E-state index contributed by atoms with van der Waals surface area (Å²) in [5.41, 5.74) is 0.184. The molecule has 25 heavy (non-hydrogen) atoms. The highest BCUT2D eigenvalue weighted by Gasteiger charge is 2.24. The van der Waals surface area contributed by atoms with Crippen molar-refractivity contribution in [3.8, 4) is 11.8 Å². The molecule has 1 saturated carbocycles. The van der Waals surface area contributed by atoms with Crippen molar-refractivity contribution in [2.24, 2.45) is 0 Å². The predicted molar refractivity (Wildman–Crippen MR) is 90.1 cm³/mol. The minimum Gasteiger partial charge on any atom is -0.489 e. The van der Waals surface area contributed by atoms with Crippen molar-refractivity contribution in [1.29, 1.82) is 5.26 Å². The second-order valence-electron chi connectivity index (χ2n) is 5.75. The van der Waals surface area contributed by atoms with Crippen LogP contribution in [-0.4, -0.2) is 33.0 Å². The van der Waals surface area contributed by atoms with Gasteiger partial charge >= 0.3 is 0 Å². The molecule has 0 aliphatic heterocycles. The normalized spacial score (nSPS) is 19.7. The number of nitrogens with one attached hydrogen (secondary N) is 1. The molecule has 128 valence electrons. The Kier molecular flexibility index (Phi) is 5.41. The van der Waals surface area contributed by atoms with E-state index >= 15 is 0 Å². The summed E-state index contributed by atoms with van der Waals surface area (Å²) in [4.78, 5) is 23.9. The first-order chi connectivity index (χ1) is 12.2. The first-order valence-electron chi connectivity index (χ1n) is 7.96. The van der Waals surface area contributed by atoms with Crippen LogP contribution in [0.1, 0.15) is 42.0 Å². The second kappa shape index (κ2) is 7.90. The Bertz CT molecular complexity index is 785. The number of ether oxygens (including phenoxy) is 1. The van der Waals surface area contributed by atoms with Crippen LogP contribution in [0.5, 0.6) is 5.75 Å². The van der Waals surface area contributed by atoms with E-state index in [0.717, 1.165) is 25.7 Å². The van der Waals surface area contributed by atoms with Crippen molar-refractivity contribution < 1.29 is 9.53 Å². The summed E-state index contributed by atoms with van der Waals surface area (Å²) in [7, 11) is 0. The molecule has 3 rings (SSSR count). The molecule has 1 amide bonds. The minimum absolute atomic E-state index is 0.0342. The van der Waals surface area contributed by atoms with E-state index in [1.807, 2.05) is 6.07 Å². The van der Waals surface area contributed by atoms with Crippen LogP contribution in [0.2, 0.25) is 5.02 Å². The number of hydrogen-bond donors (Lipinski definition) is 1. The van der Waals surface area contributed by atoms with Gasteiger partial charge in [-0.1, -0.05) is 11.6 Å². The second-order valence-corrected chi connectivity index (χ2v) is 6.16. The molecule has 0 radical (unpaired) electrons. The number of aromatic nitrogens is 3. The molecule has 0 atom stereocenters. The fourth-order valence-corrected chi connectivity index (χ4v) is 2.95. The molecule has 0 aromatic carbocycles. The van der Waals surface area contributed by atoms with Crippen molar-refractivity contribution in [2.45, 2.75) is 37.8 Å². The summed E-state index contributed by atoms with van der Waals surface area (Å²) in [6.45, 7) is 0. The van der Waals surface area contributed by atoms with Gasteiger partial charge in [-0.2, -0.15) is 5.26 Å². The monoisotopic (exact) mass is 357 g/mol. The third-order valence-corrected chi connectivity index (χ3v) is 4.29.